The van der Waals surface area contributed by atoms with E-state index in [0.29, 0.717) is 38.0 Å². The number of cyclic esters (lactones) is 1. The van der Waals surface area contributed by atoms with Crippen LogP contribution in [0.2, 0.25) is 0 Å². The quantitative estimate of drug-likeness (QED) is 0.283. The number of aliphatic hydroxyl groups excluding tert-OH is 1. The second-order valence-corrected chi connectivity index (χ2v) is 13.6. The molecule has 4 heterocycles. The Morgan fingerprint density at radius 2 is 1.48 bits per heavy atom. The summed E-state index contributed by atoms with van der Waals surface area (Å²) in [5.74, 6) is -2.71. The van der Waals surface area contributed by atoms with E-state index in [1.165, 1.54) is 20.3 Å². The van der Waals surface area contributed by atoms with E-state index in [9.17, 15) is 38.7 Å². The molecule has 0 bridgehead atoms. The fraction of sp³-hybridized carbons (Fsp3) is 0.500. The normalized spacial score (nSPS) is 24.6. The molecule has 0 spiro atoms. The van der Waals surface area contributed by atoms with Gasteiger partial charge in [0, 0.05) is 31.7 Å². The first-order chi connectivity index (χ1) is 25.8. The number of rotatable bonds is 3. The first-order valence-electron chi connectivity index (χ1n) is 18.3. The van der Waals surface area contributed by atoms with Gasteiger partial charge in [0.1, 0.15) is 30.8 Å². The van der Waals surface area contributed by atoms with Gasteiger partial charge in [0.05, 0.1) is 19.1 Å². The number of hydrogen-bond donors (Lipinski definition) is 5. The van der Waals surface area contributed by atoms with Crippen LogP contribution in [-0.4, -0.2) is 124 Å². The Balaban J connectivity index is 0.000000252. The number of piperidine rings is 1. The third-order valence-corrected chi connectivity index (χ3v) is 9.47. The maximum atomic E-state index is 13.4. The summed E-state index contributed by atoms with van der Waals surface area (Å²) in [5.41, 5.74) is 6.84. The van der Waals surface area contributed by atoms with Crippen molar-refractivity contribution in [2.75, 3.05) is 38.1 Å². The Bertz CT molecular complexity index is 1630. The molecule has 7 amide bonds. The topological polar surface area (TPSA) is 221 Å². The Labute approximate surface area is 314 Å². The number of carbonyl (C=O) groups is 7. The van der Waals surface area contributed by atoms with Crippen molar-refractivity contribution in [2.24, 2.45) is 5.73 Å². The van der Waals surface area contributed by atoms with Crippen molar-refractivity contribution in [1.29, 1.82) is 0 Å². The minimum atomic E-state index is -0.867. The molecule has 0 saturated carbocycles. The molecule has 0 aromatic heterocycles. The van der Waals surface area contributed by atoms with E-state index in [4.69, 9.17) is 10.5 Å². The van der Waals surface area contributed by atoms with Gasteiger partial charge in [-0.05, 0) is 58.1 Å². The van der Waals surface area contributed by atoms with Crippen molar-refractivity contribution in [1.82, 2.24) is 25.3 Å². The minimum Gasteiger partial charge on any atom is -0.464 e. The number of fused-ring (bicyclic) bond motifs is 3. The number of primary amides is 1. The number of hydrogen-bond acceptors (Lipinski definition) is 9. The number of aliphatic hydroxyl groups is 1. The van der Waals surface area contributed by atoms with Gasteiger partial charge in [-0.3, -0.25) is 24.0 Å². The summed E-state index contributed by atoms with van der Waals surface area (Å²) in [6, 6.07) is 15.5. The third kappa shape index (κ3) is 11.7. The van der Waals surface area contributed by atoms with Gasteiger partial charge in [-0.2, -0.15) is 0 Å². The Morgan fingerprint density at radius 3 is 2.13 bits per heavy atom. The number of carbonyl (C=O) groups excluding carboxylic acids is 7. The van der Waals surface area contributed by atoms with Crippen molar-refractivity contribution < 1.29 is 43.4 Å². The molecule has 6 rings (SSSR count). The molecule has 4 saturated heterocycles. The van der Waals surface area contributed by atoms with Gasteiger partial charge in [0.15, 0.2) is 0 Å². The third-order valence-electron chi connectivity index (χ3n) is 9.47. The number of benzene rings is 2. The first kappa shape index (κ1) is 41.2. The Hall–Kier alpha value is -5.51. The van der Waals surface area contributed by atoms with Gasteiger partial charge >= 0.3 is 12.0 Å². The summed E-state index contributed by atoms with van der Waals surface area (Å²) in [5, 5.41) is 17.8. The highest BCUT2D eigenvalue weighted by molar-refractivity contribution is 5.96. The van der Waals surface area contributed by atoms with Crippen molar-refractivity contribution in [3.05, 3.63) is 66.2 Å². The lowest BCUT2D eigenvalue weighted by atomic mass is 9.99. The number of urea groups is 1. The number of ether oxygens (including phenoxy) is 1. The molecule has 4 fully saturated rings. The molecule has 5 atom stereocenters. The van der Waals surface area contributed by atoms with E-state index < -0.39 is 60.0 Å². The van der Waals surface area contributed by atoms with Crippen LogP contribution in [-0.2, 0) is 33.5 Å². The molecular formula is C38H51N7O9. The van der Waals surface area contributed by atoms with E-state index in [1.807, 2.05) is 24.3 Å². The maximum absolute atomic E-state index is 13.4. The van der Waals surface area contributed by atoms with Crippen LogP contribution < -0.4 is 21.7 Å². The Kier molecular flexibility index (Phi) is 15.3. The number of esters is 1. The van der Waals surface area contributed by atoms with Gasteiger partial charge in [-0.1, -0.05) is 54.1 Å². The van der Waals surface area contributed by atoms with Crippen molar-refractivity contribution in [2.45, 2.75) is 89.1 Å². The highest BCUT2D eigenvalue weighted by Crippen LogP contribution is 2.26. The zero-order valence-electron chi connectivity index (χ0n) is 30.8. The molecule has 16 nitrogen and oxygen atoms in total. The molecule has 2 aromatic carbocycles. The molecule has 4 aliphatic heterocycles. The lowest BCUT2D eigenvalue weighted by molar-refractivity contribution is -0.156. The molecule has 4 aliphatic rings. The number of anilines is 1. The van der Waals surface area contributed by atoms with E-state index in [0.717, 1.165) is 12.8 Å². The average Bonchev–Trinajstić information content (AvgIpc) is 3.82. The Morgan fingerprint density at radius 1 is 0.852 bits per heavy atom. The molecular weight excluding hydrogens is 698 g/mol. The predicted molar refractivity (Wildman–Crippen MR) is 197 cm³/mol. The number of para-hydroxylation sites is 1. The molecule has 6 N–H and O–H groups in total. The van der Waals surface area contributed by atoms with Crippen LogP contribution in [0.1, 0.15) is 57.4 Å². The monoisotopic (exact) mass is 749 g/mol. The zero-order chi connectivity index (χ0) is 39.2. The van der Waals surface area contributed by atoms with E-state index in [2.05, 4.69) is 35.0 Å². The van der Waals surface area contributed by atoms with Crippen molar-refractivity contribution in [3.63, 3.8) is 0 Å². The summed E-state index contributed by atoms with van der Waals surface area (Å²) in [7, 11) is 0. The average molecular weight is 750 g/mol. The van der Waals surface area contributed by atoms with Crippen LogP contribution in [0.15, 0.2) is 60.7 Å². The standard InChI is InChI=1S/C22H32N4O7.C9H11N3O2.C7H8/c1-13-20(30)25-9-4-6-16(25)22(32)33-10-7-18(28)26-12-14(27)11-17(26)21(31)24-8-3-2-5-15(24)19(29)23-13;10-8(13)6-11-9(14)12-7-4-2-1-3-5-7;1-7-5-3-2-4-6-7/h13-17,27H,2-12H2,1H3,(H,23,29);1-5H,6H2,(H2,10,13)(H2,11,12,14);2-6H,1H3. The molecule has 5 unspecified atom stereocenters. The zero-order valence-corrected chi connectivity index (χ0v) is 30.8. The van der Waals surface area contributed by atoms with Crippen LogP contribution in [0.25, 0.3) is 0 Å². The van der Waals surface area contributed by atoms with Crippen molar-refractivity contribution >= 4 is 47.2 Å². The van der Waals surface area contributed by atoms with E-state index in [-0.39, 0.29) is 44.4 Å². The molecule has 0 aliphatic carbocycles. The summed E-state index contributed by atoms with van der Waals surface area (Å²) < 4.78 is 5.29. The number of nitrogens with zero attached hydrogens (tertiary/aromatic N) is 3. The maximum Gasteiger partial charge on any atom is 0.328 e. The fourth-order valence-electron chi connectivity index (χ4n) is 6.76. The largest absolute Gasteiger partial charge is 0.464 e. The first-order valence-corrected chi connectivity index (χ1v) is 18.3. The molecule has 0 radical (unpaired) electrons. The molecule has 16 heteroatoms. The van der Waals surface area contributed by atoms with Gasteiger partial charge in [-0.25, -0.2) is 9.59 Å². The second-order valence-electron chi connectivity index (χ2n) is 13.6. The van der Waals surface area contributed by atoms with Crippen LogP contribution in [0.3, 0.4) is 0 Å². The fourth-order valence-corrected chi connectivity index (χ4v) is 6.76. The van der Waals surface area contributed by atoms with Crippen LogP contribution >= 0.6 is 0 Å². The number of nitrogens with one attached hydrogen (secondary N) is 3. The minimum absolute atomic E-state index is 0.0236. The number of aryl methyl sites for hydroxylation is 1. The lowest BCUT2D eigenvalue weighted by Gasteiger charge is -2.38. The van der Waals surface area contributed by atoms with Crippen LogP contribution in [0, 0.1) is 6.92 Å². The van der Waals surface area contributed by atoms with Crippen LogP contribution in [0.5, 0.6) is 0 Å². The van der Waals surface area contributed by atoms with Crippen LogP contribution in [0.4, 0.5) is 10.5 Å². The van der Waals surface area contributed by atoms with Gasteiger partial charge in [-0.15, -0.1) is 0 Å². The molecule has 54 heavy (non-hydrogen) atoms. The summed E-state index contributed by atoms with van der Waals surface area (Å²) in [4.78, 5) is 90.7. The predicted octanol–water partition coefficient (Wildman–Crippen LogP) is 1.06. The van der Waals surface area contributed by atoms with Gasteiger partial charge in [0.25, 0.3) is 0 Å². The van der Waals surface area contributed by atoms with Gasteiger partial charge < -0.3 is 46.2 Å². The number of nitrogens with two attached hydrogens (primary N) is 1. The SMILES string of the molecule is CC1NC(=O)C2CCCCN2C(=O)C2CC(O)CN2C(=O)CCOC(=O)C2CCCN2C1=O.Cc1ccccc1.NC(=O)CNC(=O)Nc1ccccc1. The second kappa shape index (κ2) is 20.1. The van der Waals surface area contributed by atoms with E-state index in [1.54, 1.807) is 31.2 Å². The van der Waals surface area contributed by atoms with Gasteiger partial charge in [0.2, 0.25) is 29.5 Å². The van der Waals surface area contributed by atoms with Crippen molar-refractivity contribution in [3.8, 4) is 0 Å². The smallest absolute Gasteiger partial charge is 0.328 e. The highest BCUT2D eigenvalue weighted by atomic mass is 16.5. The summed E-state index contributed by atoms with van der Waals surface area (Å²) in [6.45, 7) is 4.11. The highest BCUT2D eigenvalue weighted by Gasteiger charge is 2.45. The van der Waals surface area contributed by atoms with E-state index >= 15 is 0 Å². The molecule has 2 aromatic rings. The lowest BCUT2D eigenvalue weighted by Crippen LogP contribution is -2.59. The molecule has 292 valence electrons. The summed E-state index contributed by atoms with van der Waals surface area (Å²) in [6.07, 6.45) is 2.20. The summed E-state index contributed by atoms with van der Waals surface area (Å²) >= 11 is 0. The number of amides is 7.